The van der Waals surface area contributed by atoms with Crippen molar-refractivity contribution in [3.8, 4) is 0 Å². The molecule has 3 unspecified atom stereocenters. The van der Waals surface area contributed by atoms with Gasteiger partial charge >= 0.3 is 0 Å². The minimum Gasteiger partial charge on any atom is -0.221 e. The molecule has 50 valence electrons. The number of hydrogen-bond donors (Lipinski definition) is 0. The molecule has 1 fully saturated rings. The second-order valence-electron chi connectivity index (χ2n) is 3.65. The lowest BCUT2D eigenvalue weighted by atomic mass is 9.91. The van der Waals surface area contributed by atoms with Crippen molar-refractivity contribution in [2.45, 2.75) is 26.3 Å². The summed E-state index contributed by atoms with van der Waals surface area (Å²) >= 11 is 0. The predicted molar refractivity (Wildman–Crippen MR) is 37.9 cm³/mol. The summed E-state index contributed by atoms with van der Waals surface area (Å²) in [5.41, 5.74) is 0. The van der Waals surface area contributed by atoms with E-state index in [4.69, 9.17) is 0 Å². The van der Waals surface area contributed by atoms with Gasteiger partial charge in [0.15, 0.2) is 0 Å². The third-order valence-corrected chi connectivity index (χ3v) is 2.52. The fourth-order valence-electron chi connectivity index (χ4n) is 2.02. The summed E-state index contributed by atoms with van der Waals surface area (Å²) in [5, 5.41) is 0. The molecule has 0 bridgehead atoms. The van der Waals surface area contributed by atoms with Crippen LogP contribution in [0.25, 0.3) is 0 Å². The number of nitrogens with zero attached hydrogens (tertiary/aromatic N) is 1. The summed E-state index contributed by atoms with van der Waals surface area (Å²) in [7, 11) is 0. The van der Waals surface area contributed by atoms with Crippen LogP contribution in [0, 0.1) is 11.8 Å². The molecule has 0 radical (unpaired) electrons. The second-order valence-corrected chi connectivity index (χ2v) is 3.65. The van der Waals surface area contributed by atoms with Crippen LogP contribution >= 0.6 is 0 Å². The van der Waals surface area contributed by atoms with E-state index < -0.39 is 0 Å². The highest BCUT2D eigenvalue weighted by Crippen LogP contribution is 2.28. The summed E-state index contributed by atoms with van der Waals surface area (Å²) in [4.78, 5) is 0. The zero-order valence-corrected chi connectivity index (χ0v) is 6.17. The minimum absolute atomic E-state index is 0.862. The summed E-state index contributed by atoms with van der Waals surface area (Å²) < 4.78 is 2.47. The summed E-state index contributed by atoms with van der Waals surface area (Å²) in [5.74, 6) is 1.85. The fraction of sp³-hybridized carbons (Fsp3) is 0.875. The molecular weight excluding hydrogens is 110 g/mol. The van der Waals surface area contributed by atoms with Crippen molar-refractivity contribution in [1.29, 1.82) is 0 Å². The molecule has 1 heteroatoms. The van der Waals surface area contributed by atoms with Crippen molar-refractivity contribution < 1.29 is 4.58 Å². The summed E-state index contributed by atoms with van der Waals surface area (Å²) in [6.07, 6.45) is 3.80. The molecule has 1 nitrogen and oxygen atoms in total. The third kappa shape index (κ3) is 0.790. The van der Waals surface area contributed by atoms with Crippen LogP contribution in [0.4, 0.5) is 0 Å². The first-order valence-corrected chi connectivity index (χ1v) is 3.88. The van der Waals surface area contributed by atoms with Gasteiger partial charge in [0, 0.05) is 11.8 Å². The van der Waals surface area contributed by atoms with Gasteiger partial charge in [-0.15, -0.1) is 0 Å². The second kappa shape index (κ2) is 1.59. The monoisotopic (exact) mass is 124 g/mol. The Hall–Kier alpha value is -0.330. The van der Waals surface area contributed by atoms with Crippen molar-refractivity contribution in [3.63, 3.8) is 0 Å². The maximum absolute atomic E-state index is 2.47. The Balaban J connectivity index is 2.04. The van der Waals surface area contributed by atoms with Crippen LogP contribution in [0.2, 0.25) is 0 Å². The lowest BCUT2D eigenvalue weighted by Crippen LogP contribution is -2.26. The molecule has 2 rings (SSSR count). The van der Waals surface area contributed by atoms with E-state index in [9.17, 15) is 0 Å². The molecule has 2 aliphatic heterocycles. The fourth-order valence-corrected chi connectivity index (χ4v) is 2.02. The van der Waals surface area contributed by atoms with Crippen molar-refractivity contribution in [2.24, 2.45) is 11.8 Å². The molecular formula is C8H14N+. The van der Waals surface area contributed by atoms with Crippen LogP contribution in [0.15, 0.2) is 0 Å². The Labute approximate surface area is 56.4 Å². The molecule has 0 aromatic carbocycles. The SMILES string of the molecule is CC1CC(C)C2C=[N+]2C1. The first-order chi connectivity index (χ1) is 4.27. The molecule has 2 aliphatic rings. The van der Waals surface area contributed by atoms with Gasteiger partial charge < -0.3 is 0 Å². The maximum Gasteiger partial charge on any atom is 0.230 e. The largest absolute Gasteiger partial charge is 0.230 e. The Bertz CT molecular complexity index is 160. The summed E-state index contributed by atoms with van der Waals surface area (Å²) in [6, 6.07) is 0.862. The molecule has 0 aliphatic carbocycles. The molecule has 0 aromatic rings. The van der Waals surface area contributed by atoms with Crippen molar-refractivity contribution >= 4 is 6.21 Å². The first-order valence-electron chi connectivity index (χ1n) is 3.88. The Morgan fingerprint density at radius 1 is 1.44 bits per heavy atom. The van der Waals surface area contributed by atoms with Gasteiger partial charge in [-0.2, -0.15) is 0 Å². The minimum atomic E-state index is 0.862. The van der Waals surface area contributed by atoms with Gasteiger partial charge in [0.2, 0.25) is 12.3 Å². The van der Waals surface area contributed by atoms with Gasteiger partial charge in [0.25, 0.3) is 0 Å². The molecule has 1 saturated heterocycles. The van der Waals surface area contributed by atoms with Crippen LogP contribution in [-0.2, 0) is 0 Å². The highest BCUT2D eigenvalue weighted by molar-refractivity contribution is 5.67. The topological polar surface area (TPSA) is 3.01 Å². The van der Waals surface area contributed by atoms with Gasteiger partial charge in [0.1, 0.15) is 6.54 Å². The Morgan fingerprint density at radius 2 is 2.22 bits per heavy atom. The van der Waals surface area contributed by atoms with E-state index in [-0.39, 0.29) is 0 Å². The molecule has 0 spiro atoms. The van der Waals surface area contributed by atoms with E-state index >= 15 is 0 Å². The number of rotatable bonds is 0. The number of fused-ring (bicyclic) bond motifs is 1. The van der Waals surface area contributed by atoms with Crippen LogP contribution in [-0.4, -0.2) is 23.4 Å². The van der Waals surface area contributed by atoms with E-state index in [2.05, 4.69) is 24.6 Å². The molecule has 0 amide bonds. The van der Waals surface area contributed by atoms with E-state index in [1.165, 1.54) is 13.0 Å². The number of piperidine rings is 1. The maximum atomic E-state index is 2.47. The highest BCUT2D eigenvalue weighted by Gasteiger charge is 2.45. The van der Waals surface area contributed by atoms with Gasteiger partial charge in [0.05, 0.1) is 0 Å². The smallest absolute Gasteiger partial charge is 0.221 e. The van der Waals surface area contributed by atoms with Crippen molar-refractivity contribution in [2.75, 3.05) is 6.54 Å². The van der Waals surface area contributed by atoms with E-state index in [1.54, 1.807) is 0 Å². The summed E-state index contributed by atoms with van der Waals surface area (Å²) in [6.45, 7) is 6.02. The molecule has 0 aromatic heterocycles. The first kappa shape index (κ1) is 5.45. The lowest BCUT2D eigenvalue weighted by molar-refractivity contribution is -0.496. The van der Waals surface area contributed by atoms with Crippen molar-refractivity contribution in [1.82, 2.24) is 0 Å². The molecule has 9 heavy (non-hydrogen) atoms. The Kier molecular flexibility index (Phi) is 0.961. The van der Waals surface area contributed by atoms with Crippen molar-refractivity contribution in [3.05, 3.63) is 0 Å². The third-order valence-electron chi connectivity index (χ3n) is 2.52. The van der Waals surface area contributed by atoms with E-state index in [1.807, 2.05) is 0 Å². The van der Waals surface area contributed by atoms with Crippen LogP contribution < -0.4 is 0 Å². The normalized spacial score (nSPS) is 47.8. The lowest BCUT2D eigenvalue weighted by Gasteiger charge is -2.16. The average molecular weight is 124 g/mol. The predicted octanol–water partition coefficient (Wildman–Crippen LogP) is 1.13. The zero-order valence-electron chi connectivity index (χ0n) is 6.17. The molecule has 3 atom stereocenters. The van der Waals surface area contributed by atoms with E-state index in [0.717, 1.165) is 17.9 Å². The highest BCUT2D eigenvalue weighted by atomic mass is 15.2. The molecule has 2 heterocycles. The van der Waals surface area contributed by atoms with Gasteiger partial charge in [-0.3, -0.25) is 0 Å². The number of hydrogen-bond acceptors (Lipinski definition) is 0. The zero-order chi connectivity index (χ0) is 6.43. The van der Waals surface area contributed by atoms with Crippen LogP contribution in [0.3, 0.4) is 0 Å². The molecule has 0 N–H and O–H groups in total. The van der Waals surface area contributed by atoms with Crippen LogP contribution in [0.5, 0.6) is 0 Å². The van der Waals surface area contributed by atoms with Gasteiger partial charge in [-0.05, 0) is 6.42 Å². The molecule has 0 saturated carbocycles. The van der Waals surface area contributed by atoms with Gasteiger partial charge in [-0.1, -0.05) is 13.8 Å². The Morgan fingerprint density at radius 3 is 2.89 bits per heavy atom. The average Bonchev–Trinajstić information content (AvgIpc) is 2.43. The van der Waals surface area contributed by atoms with E-state index in [0.29, 0.717) is 0 Å². The quantitative estimate of drug-likeness (QED) is 0.426. The van der Waals surface area contributed by atoms with Gasteiger partial charge in [-0.25, -0.2) is 4.58 Å². The van der Waals surface area contributed by atoms with Crippen LogP contribution in [0.1, 0.15) is 20.3 Å². The standard InChI is InChI=1S/C8H14N/c1-6-3-7(2)8-5-9(8)4-6/h5-8H,3-4H2,1-2H3/q+1.